The van der Waals surface area contributed by atoms with Crippen LogP contribution in [0.25, 0.3) is 0 Å². The van der Waals surface area contributed by atoms with Crippen LogP contribution in [0, 0.1) is 5.41 Å². The summed E-state index contributed by atoms with van der Waals surface area (Å²) >= 11 is 3.57. The number of fused-ring (bicyclic) bond motifs is 1. The molecular formula is C16H22BrNO2. The van der Waals surface area contributed by atoms with Crippen LogP contribution >= 0.6 is 15.9 Å². The Balaban J connectivity index is 1.61. The van der Waals surface area contributed by atoms with Gasteiger partial charge in [0.05, 0.1) is 4.47 Å². The van der Waals surface area contributed by atoms with Crippen LogP contribution in [-0.2, 0) is 6.54 Å². The van der Waals surface area contributed by atoms with Crippen LogP contribution in [0.4, 0.5) is 0 Å². The maximum atomic E-state index is 5.66. The minimum Gasteiger partial charge on any atom is -0.486 e. The van der Waals surface area contributed by atoms with Crippen molar-refractivity contribution in [2.45, 2.75) is 39.2 Å². The highest BCUT2D eigenvalue weighted by atomic mass is 79.9. The number of halogens is 1. The van der Waals surface area contributed by atoms with E-state index >= 15 is 0 Å². The molecule has 4 heteroatoms. The van der Waals surface area contributed by atoms with Gasteiger partial charge < -0.3 is 14.8 Å². The molecule has 110 valence electrons. The molecule has 2 aliphatic rings. The first-order valence-corrected chi connectivity index (χ1v) is 8.24. The fourth-order valence-corrected chi connectivity index (χ4v) is 3.78. The SMILES string of the molecule is CC1(CNCc2cc(Br)c3c(c2)OCCO3)CCCC1. The second-order valence-electron chi connectivity index (χ2n) is 6.22. The molecule has 3 nitrogen and oxygen atoms in total. The maximum absolute atomic E-state index is 5.66. The summed E-state index contributed by atoms with van der Waals surface area (Å²) in [6.07, 6.45) is 5.47. The zero-order valence-electron chi connectivity index (χ0n) is 12.0. The smallest absolute Gasteiger partial charge is 0.175 e. The van der Waals surface area contributed by atoms with Crippen molar-refractivity contribution in [1.82, 2.24) is 5.32 Å². The molecule has 1 heterocycles. The van der Waals surface area contributed by atoms with E-state index in [1.807, 2.05) is 0 Å². The molecule has 1 saturated carbocycles. The first-order chi connectivity index (χ1) is 9.66. The molecule has 1 aromatic rings. The molecule has 0 bridgehead atoms. The summed E-state index contributed by atoms with van der Waals surface area (Å²) in [7, 11) is 0. The summed E-state index contributed by atoms with van der Waals surface area (Å²) in [5, 5.41) is 3.60. The third-order valence-corrected chi connectivity index (χ3v) is 4.94. The van der Waals surface area contributed by atoms with Gasteiger partial charge in [-0.3, -0.25) is 0 Å². The zero-order valence-corrected chi connectivity index (χ0v) is 13.6. The molecule has 0 amide bonds. The molecule has 0 aromatic heterocycles. The normalized spacial score (nSPS) is 20.1. The lowest BCUT2D eigenvalue weighted by atomic mass is 9.89. The van der Waals surface area contributed by atoms with Crippen molar-refractivity contribution >= 4 is 15.9 Å². The molecule has 20 heavy (non-hydrogen) atoms. The Kier molecular flexibility index (Phi) is 4.22. The van der Waals surface area contributed by atoms with Crippen molar-refractivity contribution in [3.63, 3.8) is 0 Å². The third-order valence-electron chi connectivity index (χ3n) is 4.35. The van der Waals surface area contributed by atoms with E-state index in [2.05, 4.69) is 40.3 Å². The van der Waals surface area contributed by atoms with E-state index in [-0.39, 0.29) is 0 Å². The quantitative estimate of drug-likeness (QED) is 0.902. The molecule has 0 radical (unpaired) electrons. The van der Waals surface area contributed by atoms with Crippen LogP contribution in [-0.4, -0.2) is 19.8 Å². The van der Waals surface area contributed by atoms with Crippen molar-refractivity contribution in [1.29, 1.82) is 0 Å². The summed E-state index contributed by atoms with van der Waals surface area (Å²) < 4.78 is 12.3. The van der Waals surface area contributed by atoms with Crippen LogP contribution in [0.15, 0.2) is 16.6 Å². The number of ether oxygens (including phenoxy) is 2. The van der Waals surface area contributed by atoms with Crippen molar-refractivity contribution in [3.8, 4) is 11.5 Å². The largest absolute Gasteiger partial charge is 0.486 e. The second kappa shape index (κ2) is 5.94. The minimum absolute atomic E-state index is 0.491. The highest BCUT2D eigenvalue weighted by molar-refractivity contribution is 9.10. The predicted octanol–water partition coefficient (Wildman–Crippen LogP) is 3.89. The molecule has 1 fully saturated rings. The Bertz CT molecular complexity index is 484. The van der Waals surface area contributed by atoms with Gasteiger partial charge in [0.2, 0.25) is 0 Å². The molecule has 3 rings (SSSR count). The van der Waals surface area contributed by atoms with E-state index in [0.717, 1.165) is 29.1 Å². The van der Waals surface area contributed by atoms with Gasteiger partial charge in [0, 0.05) is 13.1 Å². The van der Waals surface area contributed by atoms with Gasteiger partial charge in [-0.1, -0.05) is 19.8 Å². The van der Waals surface area contributed by atoms with E-state index in [1.165, 1.54) is 31.2 Å². The van der Waals surface area contributed by atoms with E-state index in [4.69, 9.17) is 9.47 Å². The topological polar surface area (TPSA) is 30.5 Å². The molecule has 0 atom stereocenters. The van der Waals surface area contributed by atoms with Crippen LogP contribution < -0.4 is 14.8 Å². The number of rotatable bonds is 4. The standard InChI is InChI=1S/C16H22BrNO2/c1-16(4-2-3-5-16)11-18-10-12-8-13(17)15-14(9-12)19-6-7-20-15/h8-9,18H,2-7,10-11H2,1H3. The van der Waals surface area contributed by atoms with Gasteiger partial charge in [0.25, 0.3) is 0 Å². The Morgan fingerprint density at radius 2 is 1.95 bits per heavy atom. The summed E-state index contributed by atoms with van der Waals surface area (Å²) in [5.74, 6) is 1.69. The van der Waals surface area contributed by atoms with Crippen LogP contribution in [0.2, 0.25) is 0 Å². The highest BCUT2D eigenvalue weighted by Gasteiger charge is 2.27. The number of nitrogens with one attached hydrogen (secondary N) is 1. The molecule has 1 N–H and O–H groups in total. The average Bonchev–Trinajstić information content (AvgIpc) is 2.86. The van der Waals surface area contributed by atoms with Crippen molar-refractivity contribution in [3.05, 3.63) is 22.2 Å². The van der Waals surface area contributed by atoms with Crippen LogP contribution in [0.3, 0.4) is 0 Å². The average molecular weight is 340 g/mol. The molecular weight excluding hydrogens is 318 g/mol. The highest BCUT2D eigenvalue weighted by Crippen LogP contribution is 2.39. The fraction of sp³-hybridized carbons (Fsp3) is 0.625. The predicted molar refractivity (Wildman–Crippen MR) is 83.4 cm³/mol. The first-order valence-electron chi connectivity index (χ1n) is 7.45. The fourth-order valence-electron chi connectivity index (χ4n) is 3.18. The summed E-state index contributed by atoms with van der Waals surface area (Å²) in [4.78, 5) is 0. The molecule has 0 saturated heterocycles. The molecule has 0 unspecified atom stereocenters. The minimum atomic E-state index is 0.491. The van der Waals surface area contributed by atoms with E-state index in [9.17, 15) is 0 Å². The van der Waals surface area contributed by atoms with Crippen molar-refractivity contribution < 1.29 is 9.47 Å². The first kappa shape index (κ1) is 14.2. The number of hydrogen-bond donors (Lipinski definition) is 1. The van der Waals surface area contributed by atoms with E-state index in [1.54, 1.807) is 0 Å². The number of hydrogen-bond acceptors (Lipinski definition) is 3. The van der Waals surface area contributed by atoms with Crippen LogP contribution in [0.1, 0.15) is 38.2 Å². The lowest BCUT2D eigenvalue weighted by molar-refractivity contribution is 0.170. The molecule has 1 aliphatic heterocycles. The Hall–Kier alpha value is -0.740. The van der Waals surface area contributed by atoms with E-state index < -0.39 is 0 Å². The zero-order chi connectivity index (χ0) is 14.0. The number of benzene rings is 1. The maximum Gasteiger partial charge on any atom is 0.175 e. The summed E-state index contributed by atoms with van der Waals surface area (Å²) in [6, 6.07) is 4.21. The van der Waals surface area contributed by atoms with Gasteiger partial charge >= 0.3 is 0 Å². The molecule has 1 aliphatic carbocycles. The second-order valence-corrected chi connectivity index (χ2v) is 7.08. The van der Waals surface area contributed by atoms with Gasteiger partial charge in [0.1, 0.15) is 13.2 Å². The van der Waals surface area contributed by atoms with Crippen molar-refractivity contribution in [2.75, 3.05) is 19.8 Å². The summed E-state index contributed by atoms with van der Waals surface area (Å²) in [6.45, 7) is 5.63. The van der Waals surface area contributed by atoms with Gasteiger partial charge in [-0.25, -0.2) is 0 Å². The lowest BCUT2D eigenvalue weighted by Gasteiger charge is -2.24. The summed E-state index contributed by atoms with van der Waals surface area (Å²) in [5.41, 5.74) is 1.73. The van der Waals surface area contributed by atoms with Crippen molar-refractivity contribution in [2.24, 2.45) is 5.41 Å². The molecule has 1 aromatic carbocycles. The Morgan fingerprint density at radius 1 is 1.20 bits per heavy atom. The molecule has 0 spiro atoms. The Morgan fingerprint density at radius 3 is 2.75 bits per heavy atom. The monoisotopic (exact) mass is 339 g/mol. The Labute approximate surface area is 129 Å². The van der Waals surface area contributed by atoms with Gasteiger partial charge in [0.15, 0.2) is 11.5 Å². The van der Waals surface area contributed by atoms with Crippen LogP contribution in [0.5, 0.6) is 11.5 Å². The van der Waals surface area contributed by atoms with Gasteiger partial charge in [-0.05, 0) is 51.9 Å². The van der Waals surface area contributed by atoms with E-state index in [0.29, 0.717) is 18.6 Å². The van der Waals surface area contributed by atoms with Gasteiger partial charge in [-0.15, -0.1) is 0 Å². The van der Waals surface area contributed by atoms with Gasteiger partial charge in [-0.2, -0.15) is 0 Å². The third kappa shape index (κ3) is 3.12. The lowest BCUT2D eigenvalue weighted by Crippen LogP contribution is -2.29.